The Balaban J connectivity index is 2.90. The fourth-order valence-corrected chi connectivity index (χ4v) is 2.00. The maximum absolute atomic E-state index is 11.6. The summed E-state index contributed by atoms with van der Waals surface area (Å²) >= 11 is 0. The molecular weight excluding hydrogens is 246 g/mol. The maximum atomic E-state index is 11.6. The van der Waals surface area contributed by atoms with Gasteiger partial charge in [-0.2, -0.15) is 8.42 Å². The minimum Gasteiger partial charge on any atom is -0.399 e. The zero-order chi connectivity index (χ0) is 13.1. The minimum atomic E-state index is -4.21. The molecular formula is C10H11NO5S. The first-order valence-corrected chi connectivity index (χ1v) is 6.04. The summed E-state index contributed by atoms with van der Waals surface area (Å²) in [7, 11) is -4.21. The predicted octanol–water partition coefficient (Wildman–Crippen LogP) is 0.480. The highest BCUT2D eigenvalue weighted by molar-refractivity contribution is 7.87. The Labute approximate surface area is 98.5 Å². The Morgan fingerprint density at radius 3 is 2.53 bits per heavy atom. The third-order valence-electron chi connectivity index (χ3n) is 1.74. The van der Waals surface area contributed by atoms with Gasteiger partial charge in [-0.15, -0.1) is 0 Å². The fourth-order valence-electron chi connectivity index (χ4n) is 1.07. The molecule has 0 amide bonds. The molecule has 0 aliphatic heterocycles. The zero-order valence-corrected chi connectivity index (χ0v) is 9.86. The lowest BCUT2D eigenvalue weighted by atomic mass is 10.3. The molecule has 0 aromatic heterocycles. The Morgan fingerprint density at radius 1 is 1.35 bits per heavy atom. The number of anilines is 1. The smallest absolute Gasteiger partial charge is 0.341 e. The summed E-state index contributed by atoms with van der Waals surface area (Å²) in [4.78, 5) is 21.5. The standard InChI is InChI=1S/C10H11NO5S/c1-7(12)5-10(13)16-17(14,15)9-4-2-3-8(11)6-9/h2-4,6H,5,11H2,1H3. The van der Waals surface area contributed by atoms with Gasteiger partial charge in [-0.1, -0.05) is 6.07 Å². The van der Waals surface area contributed by atoms with E-state index >= 15 is 0 Å². The van der Waals surface area contributed by atoms with Crippen molar-refractivity contribution in [3.63, 3.8) is 0 Å². The minimum absolute atomic E-state index is 0.227. The van der Waals surface area contributed by atoms with Crippen molar-refractivity contribution in [3.05, 3.63) is 24.3 Å². The van der Waals surface area contributed by atoms with Crippen molar-refractivity contribution < 1.29 is 22.2 Å². The van der Waals surface area contributed by atoms with Gasteiger partial charge in [0.05, 0.1) is 0 Å². The molecule has 0 radical (unpaired) electrons. The monoisotopic (exact) mass is 257 g/mol. The highest BCUT2D eigenvalue weighted by atomic mass is 32.2. The van der Waals surface area contributed by atoms with Gasteiger partial charge < -0.3 is 9.92 Å². The van der Waals surface area contributed by atoms with Crippen LogP contribution in [0.4, 0.5) is 5.69 Å². The molecule has 2 N–H and O–H groups in total. The summed E-state index contributed by atoms with van der Waals surface area (Å²) in [6.45, 7) is 1.16. The van der Waals surface area contributed by atoms with Gasteiger partial charge in [0.15, 0.2) is 0 Å². The average molecular weight is 257 g/mol. The van der Waals surface area contributed by atoms with Gasteiger partial charge in [-0.25, -0.2) is 0 Å². The predicted molar refractivity (Wildman–Crippen MR) is 59.4 cm³/mol. The van der Waals surface area contributed by atoms with E-state index in [4.69, 9.17) is 5.73 Å². The van der Waals surface area contributed by atoms with Crippen LogP contribution >= 0.6 is 0 Å². The third-order valence-corrected chi connectivity index (χ3v) is 2.98. The van der Waals surface area contributed by atoms with Gasteiger partial charge in [0.25, 0.3) is 0 Å². The molecule has 1 aromatic carbocycles. The number of ketones is 1. The molecule has 17 heavy (non-hydrogen) atoms. The van der Waals surface area contributed by atoms with Crippen LogP contribution in [0.3, 0.4) is 0 Å². The van der Waals surface area contributed by atoms with Crippen molar-refractivity contribution in [2.75, 3.05) is 5.73 Å². The molecule has 1 rings (SSSR count). The second kappa shape index (κ2) is 4.96. The van der Waals surface area contributed by atoms with Crippen LogP contribution in [-0.2, 0) is 23.9 Å². The summed E-state index contributed by atoms with van der Waals surface area (Å²) in [5, 5.41) is 0. The van der Waals surface area contributed by atoms with Crippen molar-refractivity contribution >= 4 is 27.6 Å². The Morgan fingerprint density at radius 2 is 2.00 bits per heavy atom. The topological polar surface area (TPSA) is 104 Å². The summed E-state index contributed by atoms with van der Waals surface area (Å²) in [6, 6.07) is 5.32. The van der Waals surface area contributed by atoms with Crippen LogP contribution in [0, 0.1) is 0 Å². The third kappa shape index (κ3) is 3.87. The van der Waals surface area contributed by atoms with Gasteiger partial charge in [-0.3, -0.25) is 9.59 Å². The average Bonchev–Trinajstić information content (AvgIpc) is 2.15. The number of carbonyl (C=O) groups is 2. The maximum Gasteiger partial charge on any atom is 0.341 e. The first-order chi connectivity index (χ1) is 7.81. The van der Waals surface area contributed by atoms with Gasteiger partial charge in [0.1, 0.15) is 17.1 Å². The molecule has 1 aromatic rings. The number of benzene rings is 1. The van der Waals surface area contributed by atoms with Crippen molar-refractivity contribution in [2.24, 2.45) is 0 Å². The van der Waals surface area contributed by atoms with Crippen LogP contribution in [0.5, 0.6) is 0 Å². The van der Waals surface area contributed by atoms with Crippen LogP contribution in [0.25, 0.3) is 0 Å². The van der Waals surface area contributed by atoms with Crippen LogP contribution < -0.4 is 5.73 Å². The van der Waals surface area contributed by atoms with Gasteiger partial charge in [0, 0.05) is 5.69 Å². The SMILES string of the molecule is CC(=O)CC(=O)OS(=O)(=O)c1cccc(N)c1. The van der Waals surface area contributed by atoms with E-state index in [2.05, 4.69) is 4.18 Å². The Kier molecular flexibility index (Phi) is 3.84. The number of hydrogen-bond acceptors (Lipinski definition) is 6. The second-order valence-corrected chi connectivity index (χ2v) is 4.91. The molecule has 0 spiro atoms. The van der Waals surface area contributed by atoms with E-state index in [1.54, 1.807) is 0 Å². The Hall–Kier alpha value is -1.89. The highest BCUT2D eigenvalue weighted by Gasteiger charge is 2.21. The van der Waals surface area contributed by atoms with E-state index in [1.807, 2.05) is 0 Å². The molecule has 0 atom stereocenters. The van der Waals surface area contributed by atoms with E-state index in [1.165, 1.54) is 18.2 Å². The molecule has 92 valence electrons. The summed E-state index contributed by atoms with van der Waals surface area (Å²) in [5.74, 6) is -1.59. The lowest BCUT2D eigenvalue weighted by molar-refractivity contribution is -0.136. The van der Waals surface area contributed by atoms with E-state index < -0.39 is 28.3 Å². The summed E-state index contributed by atoms with van der Waals surface area (Å²) in [5.41, 5.74) is 5.64. The van der Waals surface area contributed by atoms with Crippen molar-refractivity contribution in [1.29, 1.82) is 0 Å². The van der Waals surface area contributed by atoms with Gasteiger partial charge >= 0.3 is 16.1 Å². The number of nitrogen functional groups attached to an aromatic ring is 1. The lowest BCUT2D eigenvalue weighted by Gasteiger charge is -2.05. The first-order valence-electron chi connectivity index (χ1n) is 4.63. The van der Waals surface area contributed by atoms with E-state index in [-0.39, 0.29) is 10.6 Å². The molecule has 6 nitrogen and oxygen atoms in total. The molecule has 7 heteroatoms. The first kappa shape index (κ1) is 13.2. The van der Waals surface area contributed by atoms with Gasteiger partial charge in [-0.05, 0) is 25.1 Å². The summed E-state index contributed by atoms with van der Waals surface area (Å²) in [6.07, 6.45) is -0.582. The van der Waals surface area contributed by atoms with Crippen molar-refractivity contribution in [2.45, 2.75) is 18.2 Å². The van der Waals surface area contributed by atoms with Gasteiger partial charge in [0.2, 0.25) is 0 Å². The van der Waals surface area contributed by atoms with E-state index in [0.717, 1.165) is 13.0 Å². The van der Waals surface area contributed by atoms with E-state index in [9.17, 15) is 18.0 Å². The summed E-state index contributed by atoms with van der Waals surface area (Å²) < 4.78 is 27.4. The number of nitrogens with two attached hydrogens (primary N) is 1. The van der Waals surface area contributed by atoms with Crippen LogP contribution in [0.1, 0.15) is 13.3 Å². The normalized spacial score (nSPS) is 10.9. The molecule has 0 unspecified atom stereocenters. The largest absolute Gasteiger partial charge is 0.399 e. The molecule has 0 aliphatic rings. The van der Waals surface area contributed by atoms with Crippen LogP contribution in [0.15, 0.2) is 29.2 Å². The number of carbonyl (C=O) groups excluding carboxylic acids is 2. The molecule has 0 saturated carbocycles. The van der Waals surface area contributed by atoms with Crippen LogP contribution in [0.2, 0.25) is 0 Å². The molecule has 0 saturated heterocycles. The zero-order valence-electron chi connectivity index (χ0n) is 9.04. The molecule has 0 fully saturated rings. The highest BCUT2D eigenvalue weighted by Crippen LogP contribution is 2.15. The lowest BCUT2D eigenvalue weighted by Crippen LogP contribution is -2.15. The molecule has 0 heterocycles. The number of rotatable bonds is 4. The second-order valence-electron chi connectivity index (χ2n) is 3.36. The number of hydrogen-bond donors (Lipinski definition) is 1. The fraction of sp³-hybridized carbons (Fsp3) is 0.200. The molecule has 0 bridgehead atoms. The molecule has 0 aliphatic carbocycles. The van der Waals surface area contributed by atoms with Crippen molar-refractivity contribution in [1.82, 2.24) is 0 Å². The van der Waals surface area contributed by atoms with Crippen molar-refractivity contribution in [3.8, 4) is 0 Å². The quantitative estimate of drug-likeness (QED) is 0.478. The van der Waals surface area contributed by atoms with Crippen LogP contribution in [-0.4, -0.2) is 20.2 Å². The van der Waals surface area contributed by atoms with E-state index in [0.29, 0.717) is 0 Å². The Bertz CT molecular complexity index is 550. The number of Topliss-reactive ketones (excluding diaryl/α,β-unsaturated/α-hetero) is 1.